The van der Waals surface area contributed by atoms with Crippen LogP contribution in [0.2, 0.25) is 0 Å². The third-order valence-corrected chi connectivity index (χ3v) is 4.05. The summed E-state index contributed by atoms with van der Waals surface area (Å²) in [6, 6.07) is 15.5. The van der Waals surface area contributed by atoms with E-state index in [1.165, 1.54) is 23.3 Å². The van der Waals surface area contributed by atoms with Crippen molar-refractivity contribution in [2.75, 3.05) is 31.1 Å². The predicted molar refractivity (Wildman–Crippen MR) is 85.1 cm³/mol. The van der Waals surface area contributed by atoms with Gasteiger partial charge >= 0.3 is 0 Å². The summed E-state index contributed by atoms with van der Waals surface area (Å²) in [5, 5.41) is 0. The molecule has 1 heterocycles. The zero-order valence-corrected chi connectivity index (χ0v) is 12.4. The summed E-state index contributed by atoms with van der Waals surface area (Å²) >= 11 is 0. The summed E-state index contributed by atoms with van der Waals surface area (Å²) in [4.78, 5) is 4.81. The first kappa shape index (κ1) is 14.1. The van der Waals surface area contributed by atoms with Crippen LogP contribution in [0.4, 0.5) is 10.1 Å². The molecule has 0 atom stereocenters. The maximum absolute atomic E-state index is 13.0. The molecule has 2 aromatic carbocycles. The third-order valence-electron chi connectivity index (χ3n) is 4.05. The lowest BCUT2D eigenvalue weighted by Crippen LogP contribution is -2.45. The molecule has 0 N–H and O–H groups in total. The van der Waals surface area contributed by atoms with Gasteiger partial charge in [0, 0.05) is 38.4 Å². The van der Waals surface area contributed by atoms with E-state index in [4.69, 9.17) is 0 Å². The van der Waals surface area contributed by atoms with Crippen molar-refractivity contribution in [2.45, 2.75) is 13.5 Å². The molecule has 0 aromatic heterocycles. The Morgan fingerprint density at radius 3 is 2.33 bits per heavy atom. The van der Waals surface area contributed by atoms with Gasteiger partial charge in [0.2, 0.25) is 0 Å². The summed E-state index contributed by atoms with van der Waals surface area (Å²) in [5.41, 5.74) is 3.81. The molecular formula is C18H21FN2. The van der Waals surface area contributed by atoms with Gasteiger partial charge in [-0.25, -0.2) is 4.39 Å². The van der Waals surface area contributed by atoms with Gasteiger partial charge in [0.05, 0.1) is 0 Å². The van der Waals surface area contributed by atoms with Crippen LogP contribution in [-0.4, -0.2) is 31.1 Å². The van der Waals surface area contributed by atoms with E-state index in [1.54, 1.807) is 0 Å². The molecule has 1 fully saturated rings. The molecule has 1 aliphatic heterocycles. The Bertz CT molecular complexity index is 586. The van der Waals surface area contributed by atoms with Crippen LogP contribution in [-0.2, 0) is 6.54 Å². The van der Waals surface area contributed by atoms with Gasteiger partial charge in [-0.15, -0.1) is 0 Å². The molecule has 0 bridgehead atoms. The summed E-state index contributed by atoms with van der Waals surface area (Å²) in [6.07, 6.45) is 0. The lowest BCUT2D eigenvalue weighted by molar-refractivity contribution is 0.250. The number of halogens is 1. The third kappa shape index (κ3) is 3.61. The predicted octanol–water partition coefficient (Wildman–Crippen LogP) is 3.46. The minimum absolute atomic E-state index is 0.170. The number of hydrogen-bond acceptors (Lipinski definition) is 2. The maximum atomic E-state index is 13.0. The Labute approximate surface area is 125 Å². The Balaban J connectivity index is 1.56. The highest BCUT2D eigenvalue weighted by Crippen LogP contribution is 2.18. The fourth-order valence-electron chi connectivity index (χ4n) is 2.88. The van der Waals surface area contributed by atoms with Crippen LogP contribution in [0.1, 0.15) is 11.1 Å². The van der Waals surface area contributed by atoms with Gasteiger partial charge in [-0.2, -0.15) is 0 Å². The number of piperazine rings is 1. The zero-order chi connectivity index (χ0) is 14.7. The zero-order valence-electron chi connectivity index (χ0n) is 12.4. The second kappa shape index (κ2) is 6.27. The standard InChI is InChI=1S/C18H21FN2/c1-15-3-2-4-16(13-15)14-20-9-11-21(12-10-20)18-7-5-17(19)6-8-18/h2-8,13H,9-12,14H2,1H3. The lowest BCUT2D eigenvalue weighted by Gasteiger charge is -2.36. The highest BCUT2D eigenvalue weighted by Gasteiger charge is 2.17. The average Bonchev–Trinajstić information content (AvgIpc) is 2.49. The topological polar surface area (TPSA) is 6.48 Å². The summed E-state index contributed by atoms with van der Waals surface area (Å²) in [5.74, 6) is -0.170. The summed E-state index contributed by atoms with van der Waals surface area (Å²) in [7, 11) is 0. The molecule has 1 saturated heterocycles. The van der Waals surface area contributed by atoms with Crippen molar-refractivity contribution in [3.63, 3.8) is 0 Å². The Kier molecular flexibility index (Phi) is 4.20. The van der Waals surface area contributed by atoms with E-state index in [0.717, 1.165) is 38.4 Å². The monoisotopic (exact) mass is 284 g/mol. The molecule has 0 radical (unpaired) electrons. The maximum Gasteiger partial charge on any atom is 0.123 e. The molecule has 0 saturated carbocycles. The molecular weight excluding hydrogens is 263 g/mol. The lowest BCUT2D eigenvalue weighted by atomic mass is 10.1. The Morgan fingerprint density at radius 1 is 0.952 bits per heavy atom. The van der Waals surface area contributed by atoms with Crippen LogP contribution in [0.25, 0.3) is 0 Å². The molecule has 0 unspecified atom stereocenters. The molecule has 3 rings (SSSR count). The van der Waals surface area contributed by atoms with Gasteiger partial charge in [-0.3, -0.25) is 4.90 Å². The van der Waals surface area contributed by atoms with Gasteiger partial charge in [0.1, 0.15) is 5.82 Å². The van der Waals surface area contributed by atoms with Gasteiger partial charge in [-0.1, -0.05) is 29.8 Å². The van der Waals surface area contributed by atoms with Crippen molar-refractivity contribution in [3.05, 3.63) is 65.5 Å². The number of hydrogen-bond donors (Lipinski definition) is 0. The smallest absolute Gasteiger partial charge is 0.123 e. The molecule has 2 aromatic rings. The summed E-state index contributed by atoms with van der Waals surface area (Å²) < 4.78 is 13.0. The van der Waals surface area contributed by atoms with Crippen LogP contribution in [0.3, 0.4) is 0 Å². The van der Waals surface area contributed by atoms with E-state index in [9.17, 15) is 4.39 Å². The van der Waals surface area contributed by atoms with Crippen LogP contribution in [0.5, 0.6) is 0 Å². The normalized spacial score (nSPS) is 16.2. The first-order chi connectivity index (χ1) is 10.2. The average molecular weight is 284 g/mol. The minimum atomic E-state index is -0.170. The second-order valence-electron chi connectivity index (χ2n) is 5.73. The fraction of sp³-hybridized carbons (Fsp3) is 0.333. The van der Waals surface area contributed by atoms with E-state index < -0.39 is 0 Å². The van der Waals surface area contributed by atoms with Crippen molar-refractivity contribution >= 4 is 5.69 Å². The first-order valence-corrected chi connectivity index (χ1v) is 7.49. The number of benzene rings is 2. The van der Waals surface area contributed by atoms with Crippen LogP contribution < -0.4 is 4.90 Å². The van der Waals surface area contributed by atoms with E-state index in [0.29, 0.717) is 0 Å². The van der Waals surface area contributed by atoms with E-state index in [1.807, 2.05) is 12.1 Å². The quantitative estimate of drug-likeness (QED) is 0.851. The van der Waals surface area contributed by atoms with Gasteiger partial charge in [0.15, 0.2) is 0 Å². The SMILES string of the molecule is Cc1cccc(CN2CCN(c3ccc(F)cc3)CC2)c1. The molecule has 110 valence electrons. The number of aryl methyl sites for hydroxylation is 1. The van der Waals surface area contributed by atoms with Crippen LogP contribution in [0, 0.1) is 12.7 Å². The fourth-order valence-corrected chi connectivity index (χ4v) is 2.88. The molecule has 0 amide bonds. The van der Waals surface area contributed by atoms with Crippen molar-refractivity contribution in [1.82, 2.24) is 4.90 Å². The van der Waals surface area contributed by atoms with Crippen molar-refractivity contribution in [2.24, 2.45) is 0 Å². The van der Waals surface area contributed by atoms with Gasteiger partial charge in [0.25, 0.3) is 0 Å². The Morgan fingerprint density at radius 2 is 1.67 bits per heavy atom. The second-order valence-corrected chi connectivity index (χ2v) is 5.73. The molecule has 1 aliphatic rings. The number of nitrogens with zero attached hydrogens (tertiary/aromatic N) is 2. The van der Waals surface area contributed by atoms with E-state index >= 15 is 0 Å². The minimum Gasteiger partial charge on any atom is -0.369 e. The largest absolute Gasteiger partial charge is 0.369 e. The molecule has 0 spiro atoms. The Hall–Kier alpha value is -1.87. The van der Waals surface area contributed by atoms with Crippen molar-refractivity contribution in [1.29, 1.82) is 0 Å². The van der Waals surface area contributed by atoms with E-state index in [2.05, 4.69) is 41.0 Å². The van der Waals surface area contributed by atoms with Crippen LogP contribution >= 0.6 is 0 Å². The molecule has 0 aliphatic carbocycles. The molecule has 2 nitrogen and oxygen atoms in total. The highest BCUT2D eigenvalue weighted by molar-refractivity contribution is 5.46. The summed E-state index contributed by atoms with van der Waals surface area (Å²) in [6.45, 7) is 7.24. The number of rotatable bonds is 3. The van der Waals surface area contributed by atoms with Crippen molar-refractivity contribution < 1.29 is 4.39 Å². The van der Waals surface area contributed by atoms with E-state index in [-0.39, 0.29) is 5.82 Å². The van der Waals surface area contributed by atoms with Gasteiger partial charge in [-0.05, 0) is 36.8 Å². The highest BCUT2D eigenvalue weighted by atomic mass is 19.1. The van der Waals surface area contributed by atoms with Crippen LogP contribution in [0.15, 0.2) is 48.5 Å². The number of anilines is 1. The molecule has 3 heteroatoms. The van der Waals surface area contributed by atoms with Gasteiger partial charge < -0.3 is 4.90 Å². The van der Waals surface area contributed by atoms with Crippen molar-refractivity contribution in [3.8, 4) is 0 Å². The molecule has 21 heavy (non-hydrogen) atoms. The first-order valence-electron chi connectivity index (χ1n) is 7.49.